The lowest BCUT2D eigenvalue weighted by atomic mass is 10.0. The lowest BCUT2D eigenvalue weighted by Crippen LogP contribution is -2.47. The number of alkyl carbamates (subject to hydrolysis) is 1. The van der Waals surface area contributed by atoms with Gasteiger partial charge in [0.1, 0.15) is 6.61 Å². The van der Waals surface area contributed by atoms with E-state index >= 15 is 0 Å². The second kappa shape index (κ2) is 44.8. The van der Waals surface area contributed by atoms with E-state index < -0.39 is 12.1 Å². The monoisotopic (exact) mass is 782 g/mol. The van der Waals surface area contributed by atoms with Gasteiger partial charge >= 0.3 is 6.09 Å². The van der Waals surface area contributed by atoms with Gasteiger partial charge in [-0.1, -0.05) is 194 Å². The van der Waals surface area contributed by atoms with Crippen LogP contribution < -0.4 is 16.0 Å². The Morgan fingerprint density at radius 2 is 0.855 bits per heavy atom. The second-order valence-corrected chi connectivity index (χ2v) is 16.0. The number of carbonyl (C=O) groups is 3. The molecule has 3 N–H and O–H groups in total. The van der Waals surface area contributed by atoms with Gasteiger partial charge in [0.2, 0.25) is 11.8 Å². The van der Waals surface area contributed by atoms with Crippen molar-refractivity contribution in [3.05, 3.63) is 0 Å². The number of nitrogens with one attached hydrogen (secondary N) is 3. The molecular weight excluding hydrogens is 691 g/mol. The molecule has 0 saturated carbocycles. The fourth-order valence-electron chi connectivity index (χ4n) is 6.93. The van der Waals surface area contributed by atoms with Crippen LogP contribution in [-0.4, -0.2) is 70.6 Å². The Balaban J connectivity index is 4.22. The summed E-state index contributed by atoms with van der Waals surface area (Å²) in [5.41, 5.74) is 0. The molecule has 9 heteroatoms. The molecule has 0 aliphatic rings. The molecule has 326 valence electrons. The SMILES string of the molecule is CCCCCCCCCCCCCCCCCC(=O)NCC(COC(=O)NCCCOCCOC)NC(=O)CCCCCCCCCCCCCCCCC. The largest absolute Gasteiger partial charge is 0.447 e. The molecule has 1 atom stereocenters. The second-order valence-electron chi connectivity index (χ2n) is 16.0. The number of carbonyl (C=O) groups excluding carboxylic acids is 3. The zero-order valence-electron chi connectivity index (χ0n) is 36.6. The highest BCUT2D eigenvalue weighted by Gasteiger charge is 2.16. The number of ether oxygens (including phenoxy) is 3. The van der Waals surface area contributed by atoms with Crippen LogP contribution in [0.2, 0.25) is 0 Å². The lowest BCUT2D eigenvalue weighted by molar-refractivity contribution is -0.124. The van der Waals surface area contributed by atoms with E-state index in [1.165, 1.54) is 161 Å². The molecular formula is C46H91N3O6. The lowest BCUT2D eigenvalue weighted by Gasteiger charge is -2.20. The average molecular weight is 782 g/mol. The van der Waals surface area contributed by atoms with Crippen LogP contribution in [0.25, 0.3) is 0 Å². The van der Waals surface area contributed by atoms with Gasteiger partial charge in [-0.2, -0.15) is 0 Å². The maximum absolute atomic E-state index is 12.8. The van der Waals surface area contributed by atoms with Crippen LogP contribution in [0, 0.1) is 0 Å². The average Bonchev–Trinajstić information content (AvgIpc) is 3.18. The summed E-state index contributed by atoms with van der Waals surface area (Å²) in [6, 6.07) is -0.475. The quantitative estimate of drug-likeness (QED) is 0.0530. The van der Waals surface area contributed by atoms with Crippen molar-refractivity contribution in [3.63, 3.8) is 0 Å². The van der Waals surface area contributed by atoms with Gasteiger partial charge in [-0.25, -0.2) is 4.79 Å². The smallest absolute Gasteiger partial charge is 0.407 e. The van der Waals surface area contributed by atoms with E-state index in [-0.39, 0.29) is 25.0 Å². The summed E-state index contributed by atoms with van der Waals surface area (Å²) < 4.78 is 15.8. The molecule has 0 rings (SSSR count). The van der Waals surface area contributed by atoms with E-state index in [1.54, 1.807) is 7.11 Å². The van der Waals surface area contributed by atoms with Crippen LogP contribution in [0.1, 0.15) is 226 Å². The number of hydrogen-bond acceptors (Lipinski definition) is 6. The maximum Gasteiger partial charge on any atom is 0.407 e. The van der Waals surface area contributed by atoms with Gasteiger partial charge < -0.3 is 30.2 Å². The highest BCUT2D eigenvalue weighted by molar-refractivity contribution is 5.77. The molecule has 0 fully saturated rings. The van der Waals surface area contributed by atoms with Gasteiger partial charge in [-0.3, -0.25) is 9.59 Å². The predicted molar refractivity (Wildman–Crippen MR) is 231 cm³/mol. The molecule has 0 aromatic carbocycles. The first-order valence-corrected chi connectivity index (χ1v) is 23.6. The minimum Gasteiger partial charge on any atom is -0.447 e. The van der Waals surface area contributed by atoms with Crippen LogP contribution in [-0.2, 0) is 23.8 Å². The van der Waals surface area contributed by atoms with Crippen LogP contribution in [0.15, 0.2) is 0 Å². The number of unbranched alkanes of at least 4 members (excludes halogenated alkanes) is 28. The van der Waals surface area contributed by atoms with E-state index in [9.17, 15) is 14.4 Å². The summed E-state index contributed by atoms with van der Waals surface area (Å²) >= 11 is 0. The number of hydrogen-bond donors (Lipinski definition) is 3. The minimum atomic E-state index is -0.539. The molecule has 0 aliphatic heterocycles. The van der Waals surface area contributed by atoms with Crippen molar-refractivity contribution >= 4 is 17.9 Å². The Kier molecular flexibility index (Phi) is 43.3. The van der Waals surface area contributed by atoms with Crippen LogP contribution in [0.5, 0.6) is 0 Å². The third-order valence-electron chi connectivity index (χ3n) is 10.5. The fourth-order valence-corrected chi connectivity index (χ4v) is 6.93. The summed E-state index contributed by atoms with van der Waals surface area (Å²) in [7, 11) is 1.63. The van der Waals surface area contributed by atoms with E-state index in [2.05, 4.69) is 29.8 Å². The Morgan fingerprint density at radius 1 is 0.455 bits per heavy atom. The minimum absolute atomic E-state index is 0.00000793. The third kappa shape index (κ3) is 43.1. The Morgan fingerprint density at radius 3 is 1.27 bits per heavy atom. The van der Waals surface area contributed by atoms with E-state index in [1.807, 2.05) is 0 Å². The zero-order chi connectivity index (χ0) is 40.1. The fraction of sp³-hybridized carbons (Fsp3) is 0.935. The van der Waals surface area contributed by atoms with E-state index in [4.69, 9.17) is 14.2 Å². The zero-order valence-corrected chi connectivity index (χ0v) is 36.6. The number of rotatable bonds is 44. The van der Waals surface area contributed by atoms with Gasteiger partial charge in [-0.15, -0.1) is 0 Å². The van der Waals surface area contributed by atoms with Crippen molar-refractivity contribution in [2.45, 2.75) is 232 Å². The van der Waals surface area contributed by atoms with Gasteiger partial charge in [0.05, 0.1) is 19.3 Å². The predicted octanol–water partition coefficient (Wildman–Crippen LogP) is 11.9. The maximum atomic E-state index is 12.8. The van der Waals surface area contributed by atoms with Crippen molar-refractivity contribution in [1.82, 2.24) is 16.0 Å². The first-order chi connectivity index (χ1) is 27.0. The van der Waals surface area contributed by atoms with E-state index in [0.717, 1.165) is 32.1 Å². The van der Waals surface area contributed by atoms with Crippen molar-refractivity contribution in [2.75, 3.05) is 46.6 Å². The number of methoxy groups -OCH3 is 1. The van der Waals surface area contributed by atoms with Crippen molar-refractivity contribution in [1.29, 1.82) is 0 Å². The molecule has 1 unspecified atom stereocenters. The van der Waals surface area contributed by atoms with Crippen molar-refractivity contribution in [3.8, 4) is 0 Å². The molecule has 0 radical (unpaired) electrons. The topological polar surface area (TPSA) is 115 Å². The highest BCUT2D eigenvalue weighted by atomic mass is 16.5. The summed E-state index contributed by atoms with van der Waals surface area (Å²) in [5, 5.41) is 8.70. The van der Waals surface area contributed by atoms with Gasteiger partial charge in [0.25, 0.3) is 0 Å². The molecule has 0 saturated heterocycles. The van der Waals surface area contributed by atoms with Gasteiger partial charge in [-0.05, 0) is 19.3 Å². The Bertz CT molecular complexity index is 829. The van der Waals surface area contributed by atoms with Crippen LogP contribution in [0.3, 0.4) is 0 Å². The molecule has 9 nitrogen and oxygen atoms in total. The van der Waals surface area contributed by atoms with Crippen LogP contribution >= 0.6 is 0 Å². The van der Waals surface area contributed by atoms with E-state index in [0.29, 0.717) is 45.6 Å². The summed E-state index contributed by atoms with van der Waals surface area (Å²) in [6.45, 7) is 6.79. The molecule has 55 heavy (non-hydrogen) atoms. The molecule has 0 aromatic rings. The summed E-state index contributed by atoms with van der Waals surface area (Å²) in [4.78, 5) is 37.8. The van der Waals surface area contributed by atoms with Crippen molar-refractivity contribution < 1.29 is 28.6 Å². The van der Waals surface area contributed by atoms with Gasteiger partial charge in [0, 0.05) is 39.6 Å². The molecule has 0 heterocycles. The Labute approximate surface area is 340 Å². The third-order valence-corrected chi connectivity index (χ3v) is 10.5. The van der Waals surface area contributed by atoms with Gasteiger partial charge in [0.15, 0.2) is 0 Å². The standard InChI is InChI=1S/C46H91N3O6/c1-4-6-8-10-12-14-16-18-20-22-24-26-28-30-32-35-44(50)48-41-43(42-55-46(52)47-37-34-38-54-40-39-53-3)49-45(51)36-33-31-29-27-25-23-21-19-17-15-13-11-9-7-5-2/h43H,4-42H2,1-3H3,(H,47,52)(H,48,50)(H,49,51). The molecule has 0 spiro atoms. The Hall–Kier alpha value is -1.87. The van der Waals surface area contributed by atoms with Crippen molar-refractivity contribution in [2.24, 2.45) is 0 Å². The molecule has 0 bridgehead atoms. The highest BCUT2D eigenvalue weighted by Crippen LogP contribution is 2.15. The van der Waals surface area contributed by atoms with Crippen LogP contribution in [0.4, 0.5) is 4.79 Å². The summed E-state index contributed by atoms with van der Waals surface area (Å²) in [5.74, 6) is -0.0807. The molecule has 0 aromatic heterocycles. The molecule has 3 amide bonds. The summed E-state index contributed by atoms with van der Waals surface area (Å²) in [6.07, 6.45) is 39.7. The molecule has 0 aliphatic carbocycles. The normalized spacial score (nSPS) is 11.8. The first-order valence-electron chi connectivity index (χ1n) is 23.6. The number of amides is 3. The first kappa shape index (κ1) is 53.1.